The Bertz CT molecular complexity index is 416. The van der Waals surface area contributed by atoms with Gasteiger partial charge in [0.2, 0.25) is 0 Å². The van der Waals surface area contributed by atoms with E-state index in [1.54, 1.807) is 12.1 Å². The van der Waals surface area contributed by atoms with Gasteiger partial charge in [-0.2, -0.15) is 13.2 Å². The van der Waals surface area contributed by atoms with Gasteiger partial charge in [-0.1, -0.05) is 6.07 Å². The SMILES string of the molecule is FC(F)(F)C1(c2ccc(C3CNC3)nc2)CC1. The van der Waals surface area contributed by atoms with Crippen molar-refractivity contribution in [3.8, 4) is 0 Å². The van der Waals surface area contributed by atoms with Gasteiger partial charge in [-0.3, -0.25) is 4.98 Å². The topological polar surface area (TPSA) is 24.9 Å². The van der Waals surface area contributed by atoms with Crippen molar-refractivity contribution in [2.24, 2.45) is 0 Å². The lowest BCUT2D eigenvalue weighted by molar-refractivity contribution is -0.160. The van der Waals surface area contributed by atoms with Crippen LogP contribution in [0, 0.1) is 0 Å². The molecule has 17 heavy (non-hydrogen) atoms. The van der Waals surface area contributed by atoms with Gasteiger partial charge in [0.25, 0.3) is 0 Å². The van der Waals surface area contributed by atoms with E-state index in [1.807, 2.05) is 0 Å². The van der Waals surface area contributed by atoms with Crippen LogP contribution in [0.5, 0.6) is 0 Å². The van der Waals surface area contributed by atoms with Crippen LogP contribution < -0.4 is 5.32 Å². The van der Waals surface area contributed by atoms with E-state index < -0.39 is 11.6 Å². The van der Waals surface area contributed by atoms with E-state index >= 15 is 0 Å². The average molecular weight is 242 g/mol. The molecule has 1 aliphatic carbocycles. The second kappa shape index (κ2) is 3.45. The summed E-state index contributed by atoms with van der Waals surface area (Å²) in [7, 11) is 0. The molecule has 92 valence electrons. The molecule has 2 heterocycles. The van der Waals surface area contributed by atoms with E-state index in [1.165, 1.54) is 6.20 Å². The molecule has 1 saturated carbocycles. The lowest BCUT2D eigenvalue weighted by Gasteiger charge is -2.27. The minimum atomic E-state index is -4.14. The Balaban J connectivity index is 1.85. The number of nitrogens with one attached hydrogen (secondary N) is 1. The smallest absolute Gasteiger partial charge is 0.315 e. The summed E-state index contributed by atoms with van der Waals surface area (Å²) in [6, 6.07) is 3.34. The van der Waals surface area contributed by atoms with Crippen molar-refractivity contribution >= 4 is 0 Å². The van der Waals surface area contributed by atoms with Gasteiger partial charge in [-0.25, -0.2) is 0 Å². The summed E-state index contributed by atoms with van der Waals surface area (Å²) < 4.78 is 38.6. The molecule has 0 aromatic carbocycles. The van der Waals surface area contributed by atoms with Gasteiger partial charge >= 0.3 is 6.18 Å². The fourth-order valence-electron chi connectivity index (χ4n) is 2.29. The Morgan fingerprint density at radius 1 is 1.24 bits per heavy atom. The summed E-state index contributed by atoms with van der Waals surface area (Å²) in [6.45, 7) is 1.74. The standard InChI is InChI=1S/C12H13F3N2/c13-12(14,15)11(3-4-11)9-1-2-10(17-7-9)8-5-16-6-8/h1-2,7-8,16H,3-6H2. The van der Waals surface area contributed by atoms with Crippen LogP contribution in [-0.4, -0.2) is 24.2 Å². The van der Waals surface area contributed by atoms with E-state index in [9.17, 15) is 13.2 Å². The quantitative estimate of drug-likeness (QED) is 0.861. The van der Waals surface area contributed by atoms with Gasteiger partial charge < -0.3 is 5.32 Å². The lowest BCUT2D eigenvalue weighted by atomic mass is 9.94. The van der Waals surface area contributed by atoms with Gasteiger partial charge in [-0.05, 0) is 24.5 Å². The second-order valence-electron chi connectivity index (χ2n) is 4.91. The number of aromatic nitrogens is 1. The van der Waals surface area contributed by atoms with Crippen molar-refractivity contribution in [1.82, 2.24) is 10.3 Å². The number of nitrogens with zero attached hydrogens (tertiary/aromatic N) is 1. The summed E-state index contributed by atoms with van der Waals surface area (Å²) >= 11 is 0. The first kappa shape index (κ1) is 11.0. The maximum atomic E-state index is 12.9. The van der Waals surface area contributed by atoms with Crippen molar-refractivity contribution in [3.63, 3.8) is 0 Å². The Kier molecular flexibility index (Phi) is 2.23. The molecule has 1 aromatic heterocycles. The molecular formula is C12H13F3N2. The number of pyridine rings is 1. The van der Waals surface area contributed by atoms with Crippen LogP contribution in [0.2, 0.25) is 0 Å². The predicted molar refractivity (Wildman–Crippen MR) is 56.8 cm³/mol. The Labute approximate surface area is 97.2 Å². The summed E-state index contributed by atoms with van der Waals surface area (Å²) in [4.78, 5) is 4.18. The summed E-state index contributed by atoms with van der Waals surface area (Å²) in [5.74, 6) is 0.366. The highest BCUT2D eigenvalue weighted by molar-refractivity contribution is 5.33. The van der Waals surface area contributed by atoms with Crippen molar-refractivity contribution in [2.45, 2.75) is 30.4 Å². The molecule has 2 aliphatic rings. The fraction of sp³-hybridized carbons (Fsp3) is 0.583. The van der Waals surface area contributed by atoms with E-state index in [0.29, 0.717) is 11.5 Å². The molecule has 0 spiro atoms. The third-order valence-electron chi connectivity index (χ3n) is 3.83. The van der Waals surface area contributed by atoms with E-state index in [0.717, 1.165) is 18.8 Å². The highest BCUT2D eigenvalue weighted by Gasteiger charge is 2.64. The zero-order valence-electron chi connectivity index (χ0n) is 9.22. The number of rotatable bonds is 2. The number of alkyl halides is 3. The maximum Gasteiger partial charge on any atom is 0.398 e. The van der Waals surface area contributed by atoms with Crippen LogP contribution in [0.4, 0.5) is 13.2 Å². The first-order valence-corrected chi connectivity index (χ1v) is 5.77. The van der Waals surface area contributed by atoms with E-state index in [4.69, 9.17) is 0 Å². The van der Waals surface area contributed by atoms with Gasteiger partial charge in [0.1, 0.15) is 0 Å². The maximum absolute atomic E-state index is 12.9. The zero-order chi connectivity index (χ0) is 12.1. The normalized spacial score (nSPS) is 23.2. The first-order chi connectivity index (χ1) is 8.03. The van der Waals surface area contributed by atoms with E-state index in [-0.39, 0.29) is 12.8 Å². The summed E-state index contributed by atoms with van der Waals surface area (Å²) in [5, 5.41) is 3.12. The molecule has 0 bridgehead atoms. The number of hydrogen-bond acceptors (Lipinski definition) is 2. The third kappa shape index (κ3) is 1.64. The fourth-order valence-corrected chi connectivity index (χ4v) is 2.29. The monoisotopic (exact) mass is 242 g/mol. The molecule has 5 heteroatoms. The second-order valence-corrected chi connectivity index (χ2v) is 4.91. The lowest BCUT2D eigenvalue weighted by Crippen LogP contribution is -2.40. The van der Waals surface area contributed by atoms with E-state index in [2.05, 4.69) is 10.3 Å². The zero-order valence-corrected chi connectivity index (χ0v) is 9.22. The number of halogens is 3. The number of hydrogen-bond donors (Lipinski definition) is 1. The summed E-state index contributed by atoms with van der Waals surface area (Å²) in [6.07, 6.45) is -2.34. The molecule has 1 N–H and O–H groups in total. The largest absolute Gasteiger partial charge is 0.398 e. The van der Waals surface area contributed by atoms with Crippen LogP contribution >= 0.6 is 0 Å². The minimum absolute atomic E-state index is 0.197. The summed E-state index contributed by atoms with van der Waals surface area (Å²) in [5.41, 5.74) is -0.386. The van der Waals surface area contributed by atoms with Crippen molar-refractivity contribution in [1.29, 1.82) is 0 Å². The van der Waals surface area contributed by atoms with Crippen molar-refractivity contribution < 1.29 is 13.2 Å². The molecule has 0 atom stereocenters. The van der Waals surface area contributed by atoms with Gasteiger partial charge in [-0.15, -0.1) is 0 Å². The molecule has 2 fully saturated rings. The molecule has 0 amide bonds. The van der Waals surface area contributed by atoms with Crippen molar-refractivity contribution in [2.75, 3.05) is 13.1 Å². The van der Waals surface area contributed by atoms with Crippen LogP contribution in [0.15, 0.2) is 18.3 Å². The minimum Gasteiger partial charge on any atom is -0.315 e. The van der Waals surface area contributed by atoms with Crippen LogP contribution in [0.3, 0.4) is 0 Å². The highest BCUT2D eigenvalue weighted by Crippen LogP contribution is 2.58. The first-order valence-electron chi connectivity index (χ1n) is 5.77. The Hall–Kier alpha value is -1.10. The van der Waals surface area contributed by atoms with Gasteiger partial charge in [0.05, 0.1) is 5.41 Å². The molecular weight excluding hydrogens is 229 g/mol. The van der Waals surface area contributed by atoms with Crippen molar-refractivity contribution in [3.05, 3.63) is 29.6 Å². The average Bonchev–Trinajstić information content (AvgIpc) is 2.95. The molecule has 0 unspecified atom stereocenters. The van der Waals surface area contributed by atoms with Crippen LogP contribution in [0.1, 0.15) is 30.0 Å². The van der Waals surface area contributed by atoms with Gasteiger partial charge in [0, 0.05) is 30.9 Å². The molecule has 1 saturated heterocycles. The van der Waals surface area contributed by atoms with Crippen LogP contribution in [-0.2, 0) is 5.41 Å². The Morgan fingerprint density at radius 2 is 1.94 bits per heavy atom. The molecule has 2 nitrogen and oxygen atoms in total. The molecule has 3 rings (SSSR count). The molecule has 1 aromatic rings. The van der Waals surface area contributed by atoms with Gasteiger partial charge in [0.15, 0.2) is 0 Å². The molecule has 0 radical (unpaired) electrons. The third-order valence-corrected chi connectivity index (χ3v) is 3.83. The Morgan fingerprint density at radius 3 is 2.29 bits per heavy atom. The highest BCUT2D eigenvalue weighted by atomic mass is 19.4. The predicted octanol–water partition coefficient (Wildman–Crippen LogP) is 2.36. The van der Waals surface area contributed by atoms with Crippen LogP contribution in [0.25, 0.3) is 0 Å². The molecule has 1 aliphatic heterocycles.